The molecule has 4 aliphatic carbocycles. The number of fused-ring (bicyclic) bond motifs is 10. The molecule has 6 aromatic carbocycles. The standard InChI is InChI=1S/C68H77BN2S/c1-63(2,3)43-21-24-45(25-22-43)71-57-35-42(59-47-19-15-17-40(47)33-41-18-16-20-48(41)59)34-56-60(57)69(62-61(71)49-36-44(64(4,5)6)23-28-58(49)72-62)54-38-52-53(68(13,14)32-31-67(52,11)12)39-55(54)70(56)46-26-27-50-51(37-46)66(9,10)30-29-65(50,7)8/h21-28,33-39H,15-20,29-32H2,1-14H3. The number of nitrogens with zero attached hydrogens (tertiary/aromatic N) is 2. The Morgan fingerprint density at radius 2 is 1.01 bits per heavy atom. The Hall–Kier alpha value is -5.06. The topological polar surface area (TPSA) is 6.48 Å². The lowest BCUT2D eigenvalue weighted by atomic mass is 9.35. The van der Waals surface area contributed by atoms with E-state index < -0.39 is 0 Å². The maximum Gasteiger partial charge on any atom is 0.264 e. The van der Waals surface area contributed by atoms with E-state index in [9.17, 15) is 0 Å². The molecular weight excluding hydrogens is 888 g/mol. The van der Waals surface area contributed by atoms with Crippen molar-refractivity contribution in [3.8, 4) is 11.1 Å². The minimum absolute atomic E-state index is 0.0111. The molecule has 0 fully saturated rings. The van der Waals surface area contributed by atoms with Crippen LogP contribution in [0.5, 0.6) is 0 Å². The lowest BCUT2D eigenvalue weighted by molar-refractivity contribution is 0.332. The van der Waals surface area contributed by atoms with Crippen LogP contribution in [-0.2, 0) is 58.2 Å². The van der Waals surface area contributed by atoms with Crippen LogP contribution in [-0.4, -0.2) is 6.71 Å². The van der Waals surface area contributed by atoms with Crippen molar-refractivity contribution in [2.75, 3.05) is 9.80 Å². The van der Waals surface area contributed by atoms with E-state index in [0.29, 0.717) is 0 Å². The number of thiophene rings is 1. The molecule has 0 spiro atoms. The summed E-state index contributed by atoms with van der Waals surface area (Å²) in [7, 11) is 0. The lowest BCUT2D eigenvalue weighted by Gasteiger charge is -2.47. The van der Waals surface area contributed by atoms with Crippen LogP contribution in [0.4, 0.5) is 34.1 Å². The van der Waals surface area contributed by atoms with Gasteiger partial charge in [0.15, 0.2) is 0 Å². The first kappa shape index (κ1) is 46.7. The first-order valence-electron chi connectivity index (χ1n) is 27.9. The van der Waals surface area contributed by atoms with E-state index in [1.165, 1.54) is 158 Å². The van der Waals surface area contributed by atoms with Crippen molar-refractivity contribution in [2.45, 2.75) is 194 Å². The Kier molecular flexibility index (Phi) is 9.91. The molecule has 72 heavy (non-hydrogen) atoms. The minimum atomic E-state index is 0.0111. The summed E-state index contributed by atoms with van der Waals surface area (Å²) in [4.78, 5) is 5.55. The van der Waals surface area contributed by atoms with Gasteiger partial charge in [-0.05, 0) is 229 Å². The van der Waals surface area contributed by atoms with Gasteiger partial charge in [0.2, 0.25) is 0 Å². The van der Waals surface area contributed by atoms with Crippen molar-refractivity contribution in [3.63, 3.8) is 0 Å². The molecule has 7 aromatic rings. The van der Waals surface area contributed by atoms with Gasteiger partial charge in [0.05, 0.1) is 5.69 Å². The van der Waals surface area contributed by atoms with Gasteiger partial charge in [0, 0.05) is 43.3 Å². The van der Waals surface area contributed by atoms with E-state index in [-0.39, 0.29) is 39.2 Å². The zero-order chi connectivity index (χ0) is 50.4. The van der Waals surface area contributed by atoms with E-state index in [4.69, 9.17) is 0 Å². The Bertz CT molecular complexity index is 3420. The number of benzene rings is 6. The fraction of sp³-hybridized carbons (Fsp3) is 0.441. The minimum Gasteiger partial charge on any atom is -0.311 e. The van der Waals surface area contributed by atoms with E-state index in [1.807, 2.05) is 0 Å². The maximum atomic E-state index is 2.80. The van der Waals surface area contributed by atoms with Gasteiger partial charge in [-0.25, -0.2) is 0 Å². The van der Waals surface area contributed by atoms with Crippen LogP contribution in [0.1, 0.15) is 191 Å². The molecule has 0 bridgehead atoms. The van der Waals surface area contributed by atoms with Gasteiger partial charge < -0.3 is 9.80 Å². The molecule has 0 atom stereocenters. The zero-order valence-electron chi connectivity index (χ0n) is 46.1. The molecule has 0 saturated heterocycles. The van der Waals surface area contributed by atoms with Crippen molar-refractivity contribution < 1.29 is 0 Å². The predicted octanol–water partition coefficient (Wildman–Crippen LogP) is 16.9. The first-order chi connectivity index (χ1) is 33.9. The molecule has 3 heterocycles. The van der Waals surface area contributed by atoms with Crippen molar-refractivity contribution in [1.29, 1.82) is 0 Å². The molecule has 0 amide bonds. The van der Waals surface area contributed by atoms with Gasteiger partial charge in [-0.2, -0.15) is 0 Å². The number of hydrogen-bond acceptors (Lipinski definition) is 3. The van der Waals surface area contributed by atoms with Crippen molar-refractivity contribution in [1.82, 2.24) is 0 Å². The van der Waals surface area contributed by atoms with Crippen LogP contribution < -0.4 is 25.5 Å². The van der Waals surface area contributed by atoms with E-state index in [0.717, 1.165) is 0 Å². The third-order valence-electron chi connectivity index (χ3n) is 19.3. The molecule has 0 unspecified atom stereocenters. The second kappa shape index (κ2) is 15.3. The van der Waals surface area contributed by atoms with E-state index in [2.05, 4.69) is 209 Å². The molecule has 6 aliphatic rings. The van der Waals surface area contributed by atoms with Gasteiger partial charge in [-0.15, -0.1) is 11.3 Å². The molecule has 4 heteroatoms. The van der Waals surface area contributed by atoms with Crippen LogP contribution in [0.15, 0.2) is 91.0 Å². The van der Waals surface area contributed by atoms with Gasteiger partial charge in [-0.3, -0.25) is 0 Å². The Balaban J connectivity index is 1.20. The SMILES string of the molecule is CC(C)(C)c1ccc(N2c3cc(-c4c5c(cc6c4CCC6)CCC5)cc4c3B(c3cc5c(cc3N4c3ccc4c(c3)C(C)(C)CCC4(C)C)C(C)(C)CCC5(C)C)c3sc4ccc(C(C)(C)C)cc4c32)cc1. The molecule has 2 aliphatic heterocycles. The van der Waals surface area contributed by atoms with Crippen LogP contribution in [0.3, 0.4) is 0 Å². The van der Waals surface area contributed by atoms with Gasteiger partial charge in [0.25, 0.3) is 6.71 Å². The summed E-state index contributed by atoms with van der Waals surface area (Å²) < 4.78 is 2.85. The van der Waals surface area contributed by atoms with Crippen LogP contribution in [0, 0.1) is 0 Å². The van der Waals surface area contributed by atoms with Crippen LogP contribution in [0.25, 0.3) is 21.2 Å². The number of aryl methyl sites for hydroxylation is 2. The van der Waals surface area contributed by atoms with Gasteiger partial charge in [0.1, 0.15) is 0 Å². The van der Waals surface area contributed by atoms with E-state index >= 15 is 0 Å². The molecule has 0 saturated carbocycles. The lowest BCUT2D eigenvalue weighted by Crippen LogP contribution is -2.61. The average Bonchev–Trinajstić information content (AvgIpc) is 4.09. The second-order valence-electron chi connectivity index (χ2n) is 28.1. The summed E-state index contributed by atoms with van der Waals surface area (Å²) >= 11 is 2.05. The zero-order valence-corrected chi connectivity index (χ0v) is 46.9. The van der Waals surface area contributed by atoms with Gasteiger partial charge >= 0.3 is 0 Å². The van der Waals surface area contributed by atoms with Crippen molar-refractivity contribution in [2.24, 2.45) is 0 Å². The Morgan fingerprint density at radius 3 is 1.61 bits per heavy atom. The second-order valence-corrected chi connectivity index (χ2v) is 29.1. The number of rotatable bonds is 3. The molecule has 13 rings (SSSR count). The summed E-state index contributed by atoms with van der Waals surface area (Å²) in [6, 6.07) is 38.4. The van der Waals surface area contributed by atoms with E-state index in [1.54, 1.807) is 33.4 Å². The summed E-state index contributed by atoms with van der Waals surface area (Å²) in [5.74, 6) is 0. The third kappa shape index (κ3) is 6.85. The summed E-state index contributed by atoms with van der Waals surface area (Å²) in [6.07, 6.45) is 12.0. The molecule has 1 aromatic heterocycles. The smallest absolute Gasteiger partial charge is 0.264 e. The van der Waals surface area contributed by atoms with Crippen LogP contribution in [0.2, 0.25) is 0 Å². The highest BCUT2D eigenvalue weighted by molar-refractivity contribution is 7.33. The highest BCUT2D eigenvalue weighted by atomic mass is 32.1. The molecular formula is C68H77BN2S. The largest absolute Gasteiger partial charge is 0.311 e. The Labute approximate surface area is 436 Å². The number of hydrogen-bond donors (Lipinski definition) is 0. The highest BCUT2D eigenvalue weighted by Gasteiger charge is 2.49. The monoisotopic (exact) mass is 965 g/mol. The third-order valence-corrected chi connectivity index (χ3v) is 20.6. The predicted molar refractivity (Wildman–Crippen MR) is 313 cm³/mol. The normalized spacial score (nSPS) is 19.6. The quantitative estimate of drug-likeness (QED) is 0.163. The van der Waals surface area contributed by atoms with Crippen LogP contribution >= 0.6 is 11.3 Å². The fourth-order valence-corrected chi connectivity index (χ4v) is 16.0. The van der Waals surface area contributed by atoms with Crippen molar-refractivity contribution in [3.05, 3.63) is 147 Å². The molecule has 2 nitrogen and oxygen atoms in total. The summed E-state index contributed by atoms with van der Waals surface area (Å²) in [5.41, 5.74) is 29.6. The maximum absolute atomic E-state index is 2.80. The van der Waals surface area contributed by atoms with Gasteiger partial charge in [-0.1, -0.05) is 133 Å². The molecule has 368 valence electrons. The first-order valence-corrected chi connectivity index (χ1v) is 28.7. The summed E-state index contributed by atoms with van der Waals surface area (Å²) in [6.45, 7) is 34.3. The Morgan fingerprint density at radius 1 is 0.486 bits per heavy atom. The summed E-state index contributed by atoms with van der Waals surface area (Å²) in [5, 5.41) is 1.38. The fourth-order valence-electron chi connectivity index (χ4n) is 14.7. The highest BCUT2D eigenvalue weighted by Crippen LogP contribution is 2.55. The number of anilines is 6. The molecule has 0 radical (unpaired) electrons. The molecule has 0 N–H and O–H groups in total. The van der Waals surface area contributed by atoms with Crippen molar-refractivity contribution >= 4 is 78.0 Å². The average molecular weight is 965 g/mol.